The average Bonchev–Trinajstić information content (AvgIpc) is 2.96. The molecule has 0 amide bonds. The molecule has 1 N–H and O–H groups in total. The summed E-state index contributed by atoms with van der Waals surface area (Å²) in [4.78, 5) is 35.9. The third kappa shape index (κ3) is 2.18. The zero-order valence-corrected chi connectivity index (χ0v) is 12.1. The second-order valence-corrected chi connectivity index (χ2v) is 5.35. The molecule has 8 heteroatoms. The third-order valence-corrected chi connectivity index (χ3v) is 4.04. The van der Waals surface area contributed by atoms with Crippen LogP contribution in [0.3, 0.4) is 0 Å². The minimum atomic E-state index is -1.62. The molecule has 1 aromatic carbocycles. The highest BCUT2D eigenvalue weighted by Gasteiger charge is 2.25. The third-order valence-electron chi connectivity index (χ3n) is 4.04. The minimum absolute atomic E-state index is 0.359. The van der Waals surface area contributed by atoms with Gasteiger partial charge >= 0.3 is 11.7 Å². The number of aromatic nitrogens is 2. The fourth-order valence-electron chi connectivity index (χ4n) is 2.90. The predicted octanol–water partition coefficient (Wildman–Crippen LogP) is 1.00. The van der Waals surface area contributed by atoms with E-state index in [2.05, 4.69) is 0 Å². The van der Waals surface area contributed by atoms with Gasteiger partial charge < -0.3 is 9.67 Å². The zero-order valence-electron chi connectivity index (χ0n) is 12.1. The van der Waals surface area contributed by atoms with Gasteiger partial charge in [0.1, 0.15) is 11.6 Å². The molecule has 0 saturated carbocycles. The summed E-state index contributed by atoms with van der Waals surface area (Å²) in [5.41, 5.74) is -1.87. The van der Waals surface area contributed by atoms with Crippen molar-refractivity contribution in [2.24, 2.45) is 7.05 Å². The van der Waals surface area contributed by atoms with Crippen LogP contribution >= 0.6 is 0 Å². The van der Waals surface area contributed by atoms with Crippen LogP contribution in [0.2, 0.25) is 0 Å². The number of aromatic carboxylic acids is 1. The van der Waals surface area contributed by atoms with Gasteiger partial charge in [-0.3, -0.25) is 4.79 Å². The van der Waals surface area contributed by atoms with E-state index >= 15 is 0 Å². The molecule has 0 aliphatic heterocycles. The topological polar surface area (TPSA) is 81.3 Å². The molecule has 0 spiro atoms. The number of nitrogens with zero attached hydrogens (tertiary/aromatic N) is 2. The van der Waals surface area contributed by atoms with Crippen molar-refractivity contribution in [2.75, 3.05) is 0 Å². The van der Waals surface area contributed by atoms with Crippen LogP contribution in [0.1, 0.15) is 28.0 Å². The van der Waals surface area contributed by atoms with Crippen LogP contribution in [0.15, 0.2) is 21.7 Å². The van der Waals surface area contributed by atoms with Crippen LogP contribution in [0.25, 0.3) is 5.69 Å². The van der Waals surface area contributed by atoms with Gasteiger partial charge in [-0.1, -0.05) is 0 Å². The molecule has 0 radical (unpaired) electrons. The van der Waals surface area contributed by atoms with Crippen LogP contribution in [0.5, 0.6) is 0 Å². The van der Waals surface area contributed by atoms with Gasteiger partial charge in [-0.2, -0.15) is 0 Å². The molecule has 0 saturated heterocycles. The monoisotopic (exact) mass is 322 g/mol. The number of hydrogen-bond acceptors (Lipinski definition) is 3. The van der Waals surface area contributed by atoms with Gasteiger partial charge in [0.25, 0.3) is 5.56 Å². The predicted molar refractivity (Wildman–Crippen MR) is 76.2 cm³/mol. The highest BCUT2D eigenvalue weighted by atomic mass is 19.1. The number of carbonyl (C=O) groups is 1. The van der Waals surface area contributed by atoms with Crippen LogP contribution in [-0.2, 0) is 19.9 Å². The van der Waals surface area contributed by atoms with E-state index < -0.39 is 40.1 Å². The maximum absolute atomic E-state index is 14.1. The first-order valence-electron chi connectivity index (χ1n) is 6.89. The summed E-state index contributed by atoms with van der Waals surface area (Å²) >= 11 is 0. The van der Waals surface area contributed by atoms with E-state index in [0.29, 0.717) is 47.2 Å². The summed E-state index contributed by atoms with van der Waals surface area (Å²) in [6.07, 6.45) is 1.73. The Morgan fingerprint density at radius 1 is 1.17 bits per heavy atom. The van der Waals surface area contributed by atoms with Crippen molar-refractivity contribution in [3.63, 3.8) is 0 Å². The van der Waals surface area contributed by atoms with E-state index in [9.17, 15) is 23.2 Å². The largest absolute Gasteiger partial charge is 0.478 e. The fraction of sp³-hybridized carbons (Fsp3) is 0.267. The van der Waals surface area contributed by atoms with Crippen molar-refractivity contribution in [3.8, 4) is 5.69 Å². The summed E-state index contributed by atoms with van der Waals surface area (Å²) in [5, 5.41) is 8.94. The fourth-order valence-corrected chi connectivity index (χ4v) is 2.90. The normalized spacial score (nSPS) is 13.2. The highest BCUT2D eigenvalue weighted by molar-refractivity contribution is 5.88. The van der Waals surface area contributed by atoms with Gasteiger partial charge in [-0.15, -0.1) is 0 Å². The van der Waals surface area contributed by atoms with Crippen molar-refractivity contribution >= 4 is 5.97 Å². The molecular formula is C15H12F2N2O4. The summed E-state index contributed by atoms with van der Waals surface area (Å²) < 4.78 is 29.4. The SMILES string of the molecule is Cn1c2c(c(=O)n(-c3cc(C(=O)O)c(F)cc3F)c1=O)CCC2. The lowest BCUT2D eigenvalue weighted by Crippen LogP contribution is -2.41. The molecule has 1 heterocycles. The molecule has 0 atom stereocenters. The molecule has 0 bridgehead atoms. The Morgan fingerprint density at radius 3 is 2.52 bits per heavy atom. The van der Waals surface area contributed by atoms with Crippen molar-refractivity contribution in [2.45, 2.75) is 19.3 Å². The van der Waals surface area contributed by atoms with Crippen LogP contribution < -0.4 is 11.2 Å². The van der Waals surface area contributed by atoms with E-state index in [-0.39, 0.29) is 0 Å². The van der Waals surface area contributed by atoms with E-state index in [4.69, 9.17) is 5.11 Å². The molecule has 6 nitrogen and oxygen atoms in total. The molecular weight excluding hydrogens is 310 g/mol. The number of hydrogen-bond donors (Lipinski definition) is 1. The van der Waals surface area contributed by atoms with Crippen molar-refractivity contribution in [1.29, 1.82) is 0 Å². The average molecular weight is 322 g/mol. The Hall–Kier alpha value is -2.77. The lowest BCUT2D eigenvalue weighted by Gasteiger charge is -2.13. The van der Waals surface area contributed by atoms with Crippen molar-refractivity contribution in [1.82, 2.24) is 9.13 Å². The number of carboxylic acid groups (broad SMARTS) is 1. The summed E-state index contributed by atoms with van der Waals surface area (Å²) in [6, 6.07) is 1.02. The number of carboxylic acids is 1. The Kier molecular flexibility index (Phi) is 3.39. The van der Waals surface area contributed by atoms with E-state index in [1.807, 2.05) is 0 Å². The number of benzene rings is 1. The van der Waals surface area contributed by atoms with Gasteiger partial charge in [0.2, 0.25) is 0 Å². The van der Waals surface area contributed by atoms with Crippen LogP contribution in [-0.4, -0.2) is 20.2 Å². The Labute approximate surface area is 128 Å². The number of halogens is 2. The Balaban J connectivity index is 2.39. The maximum atomic E-state index is 14.1. The molecule has 1 aliphatic rings. The molecule has 23 heavy (non-hydrogen) atoms. The second-order valence-electron chi connectivity index (χ2n) is 5.35. The van der Waals surface area contributed by atoms with Gasteiger partial charge in [0.15, 0.2) is 0 Å². The molecule has 2 aromatic rings. The minimum Gasteiger partial charge on any atom is -0.478 e. The molecule has 120 valence electrons. The lowest BCUT2D eigenvalue weighted by molar-refractivity contribution is 0.0691. The number of fused-ring (bicyclic) bond motifs is 1. The quantitative estimate of drug-likeness (QED) is 0.894. The highest BCUT2D eigenvalue weighted by Crippen LogP contribution is 2.20. The molecule has 1 aromatic heterocycles. The molecule has 3 rings (SSSR count). The first-order chi connectivity index (χ1) is 10.8. The van der Waals surface area contributed by atoms with Crippen LogP contribution in [0, 0.1) is 11.6 Å². The summed E-state index contributed by atoms with van der Waals surface area (Å²) in [6.45, 7) is 0. The Bertz CT molecular complexity index is 959. The Morgan fingerprint density at radius 2 is 1.87 bits per heavy atom. The van der Waals surface area contributed by atoms with Gasteiger partial charge in [0, 0.05) is 24.4 Å². The van der Waals surface area contributed by atoms with Crippen molar-refractivity contribution in [3.05, 3.63) is 61.4 Å². The first-order valence-corrected chi connectivity index (χ1v) is 6.89. The van der Waals surface area contributed by atoms with Gasteiger partial charge in [-0.05, 0) is 25.3 Å². The first kappa shape index (κ1) is 15.1. The maximum Gasteiger partial charge on any atom is 0.338 e. The second kappa shape index (κ2) is 5.15. The smallest absolute Gasteiger partial charge is 0.338 e. The number of rotatable bonds is 2. The summed E-state index contributed by atoms with van der Waals surface area (Å²) in [7, 11) is 1.46. The van der Waals surface area contributed by atoms with Crippen LogP contribution in [0.4, 0.5) is 8.78 Å². The summed E-state index contributed by atoms with van der Waals surface area (Å²) in [5.74, 6) is -4.07. The molecule has 0 fully saturated rings. The molecule has 1 aliphatic carbocycles. The van der Waals surface area contributed by atoms with E-state index in [1.54, 1.807) is 0 Å². The molecule has 0 unspecified atom stereocenters. The lowest BCUT2D eigenvalue weighted by atomic mass is 10.1. The zero-order chi connectivity index (χ0) is 16.9. The van der Waals surface area contributed by atoms with Gasteiger partial charge in [0.05, 0.1) is 11.3 Å². The van der Waals surface area contributed by atoms with Crippen molar-refractivity contribution < 1.29 is 18.7 Å². The van der Waals surface area contributed by atoms with E-state index in [0.717, 1.165) is 0 Å². The van der Waals surface area contributed by atoms with E-state index in [1.165, 1.54) is 11.6 Å². The van der Waals surface area contributed by atoms with Gasteiger partial charge in [-0.25, -0.2) is 22.9 Å². The standard InChI is InChI=1S/C15H12F2N2O4/c1-18-11-4-2-3-7(11)13(20)19(15(18)23)12-5-8(14(21)22)9(16)6-10(12)17/h5-6H,2-4H2,1H3,(H,21,22).